The molecule has 0 spiro atoms. The molecule has 2 N–H and O–H groups in total. The topological polar surface area (TPSA) is 50.2 Å². The van der Waals surface area contributed by atoms with E-state index in [1.807, 2.05) is 0 Å². The first-order chi connectivity index (χ1) is 2.41. The van der Waals surface area contributed by atoms with Gasteiger partial charge < -0.3 is 10.6 Å². The Kier molecular flexibility index (Phi) is 35.3. The Balaban J connectivity index is -0.0000000800. The molecule has 0 saturated carbocycles. The zero-order valence-corrected chi connectivity index (χ0v) is 6.72. The van der Waals surface area contributed by atoms with Crippen LogP contribution >= 0.6 is 0 Å². The fraction of sp³-hybridized carbons (Fsp3) is 0.750. The number of aliphatic hydroxyl groups is 1. The Morgan fingerprint density at radius 1 is 1.43 bits per heavy atom. The van der Waals surface area contributed by atoms with Gasteiger partial charge in [-0.1, -0.05) is 13.3 Å². The second-order valence-corrected chi connectivity index (χ2v) is 0.931. The van der Waals surface area contributed by atoms with E-state index in [9.17, 15) is 0 Å². The van der Waals surface area contributed by atoms with Crippen molar-refractivity contribution in [3.63, 3.8) is 0 Å². The minimum Gasteiger partial charge on any atom is -0.870 e. The van der Waals surface area contributed by atoms with Crippen LogP contribution in [0.4, 0.5) is 0 Å². The molecule has 0 bridgehead atoms. The van der Waals surface area contributed by atoms with Crippen LogP contribution in [0.25, 0.3) is 0 Å². The molecule has 0 atom stereocenters. The van der Waals surface area contributed by atoms with Crippen molar-refractivity contribution in [2.45, 2.75) is 12.8 Å². The molecule has 0 aliphatic heterocycles. The number of unbranched alkanes of at least 4 members (excludes halogenated alkanes) is 1. The number of hydrogen-bond donors (Lipinski definition) is 1. The van der Waals surface area contributed by atoms with E-state index in [0.717, 1.165) is 12.8 Å². The first-order valence-electron chi connectivity index (χ1n) is 1.82. The van der Waals surface area contributed by atoms with Crippen molar-refractivity contribution in [1.82, 2.24) is 0 Å². The van der Waals surface area contributed by atoms with E-state index in [-0.39, 0.29) is 41.6 Å². The summed E-state index contributed by atoms with van der Waals surface area (Å²) in [6.45, 7) is 3.80. The van der Waals surface area contributed by atoms with Crippen LogP contribution in [0, 0.1) is 6.92 Å². The van der Waals surface area contributed by atoms with Crippen LogP contribution in [-0.4, -0.2) is 17.2 Å². The Labute approximate surface area is 66.5 Å². The number of rotatable bonds is 2. The van der Waals surface area contributed by atoms with Crippen molar-refractivity contribution in [1.29, 1.82) is 0 Å². The molecule has 39 valence electrons. The quantitative estimate of drug-likeness (QED) is 0.400. The Morgan fingerprint density at radius 2 is 1.86 bits per heavy atom. The van der Waals surface area contributed by atoms with Crippen LogP contribution in [0.5, 0.6) is 0 Å². The molecule has 0 aromatic heterocycles. The van der Waals surface area contributed by atoms with Gasteiger partial charge >= 0.3 is 29.6 Å². The largest absolute Gasteiger partial charge is 1.00 e. The second-order valence-electron chi connectivity index (χ2n) is 0.931. The summed E-state index contributed by atoms with van der Waals surface area (Å²) in [4.78, 5) is 0. The van der Waals surface area contributed by atoms with Crippen LogP contribution in [0.1, 0.15) is 12.8 Å². The summed E-state index contributed by atoms with van der Waals surface area (Å²) in [5.74, 6) is 0. The fourth-order valence-electron chi connectivity index (χ4n) is 0.112. The standard InChI is InChI=1S/C4H9O.Na.H2O/c1-2-3-4-5;;/h5H,1-4H2;;1H2/q;+1;/p-1. The monoisotopic (exact) mass is 113 g/mol. The summed E-state index contributed by atoms with van der Waals surface area (Å²) in [7, 11) is 0. The van der Waals surface area contributed by atoms with Crippen LogP contribution in [0.3, 0.4) is 0 Å². The molecule has 0 aliphatic rings. The van der Waals surface area contributed by atoms with Gasteiger partial charge in [0.15, 0.2) is 0 Å². The Morgan fingerprint density at radius 3 is 1.86 bits per heavy atom. The van der Waals surface area contributed by atoms with Gasteiger partial charge in [-0.25, -0.2) is 0 Å². The van der Waals surface area contributed by atoms with Gasteiger partial charge in [-0.3, -0.25) is 0 Å². The van der Waals surface area contributed by atoms with Crippen molar-refractivity contribution < 1.29 is 40.1 Å². The maximum atomic E-state index is 8.03. The van der Waals surface area contributed by atoms with Crippen LogP contribution in [-0.2, 0) is 0 Å². The minimum absolute atomic E-state index is 0. The normalized spacial score (nSPS) is 6.00. The molecule has 0 heterocycles. The van der Waals surface area contributed by atoms with Gasteiger partial charge in [0.1, 0.15) is 0 Å². The molecule has 0 fully saturated rings. The molecule has 2 nitrogen and oxygen atoms in total. The zero-order chi connectivity index (χ0) is 4.12. The smallest absolute Gasteiger partial charge is 0.870 e. The Hall–Kier alpha value is 0.920. The number of hydrogen-bond acceptors (Lipinski definition) is 2. The minimum atomic E-state index is 0. The van der Waals surface area contributed by atoms with Crippen LogP contribution in [0.2, 0.25) is 0 Å². The molecule has 0 amide bonds. The van der Waals surface area contributed by atoms with Crippen LogP contribution < -0.4 is 29.6 Å². The van der Waals surface area contributed by atoms with E-state index in [0.29, 0.717) is 0 Å². The molecular weight excluding hydrogens is 103 g/mol. The number of aliphatic hydroxyl groups excluding tert-OH is 1. The molecule has 0 aromatic carbocycles. The fourth-order valence-corrected chi connectivity index (χ4v) is 0.112. The van der Waals surface area contributed by atoms with Gasteiger partial charge in [-0.2, -0.15) is 0 Å². The van der Waals surface area contributed by atoms with Crippen LogP contribution in [0.15, 0.2) is 0 Å². The van der Waals surface area contributed by atoms with Gasteiger partial charge in [0, 0.05) is 6.61 Å². The van der Waals surface area contributed by atoms with E-state index in [1.54, 1.807) is 0 Å². The summed E-state index contributed by atoms with van der Waals surface area (Å²) in [5, 5.41) is 8.03. The summed E-state index contributed by atoms with van der Waals surface area (Å²) in [6.07, 6.45) is 1.68. The maximum Gasteiger partial charge on any atom is 1.00 e. The third-order valence-electron chi connectivity index (χ3n) is 0.408. The van der Waals surface area contributed by atoms with E-state index in [1.165, 1.54) is 0 Å². The zero-order valence-electron chi connectivity index (χ0n) is 4.72. The van der Waals surface area contributed by atoms with E-state index in [2.05, 4.69) is 6.92 Å². The van der Waals surface area contributed by atoms with Crippen molar-refractivity contribution in [2.75, 3.05) is 6.61 Å². The van der Waals surface area contributed by atoms with E-state index >= 15 is 0 Å². The van der Waals surface area contributed by atoms with Gasteiger partial charge in [-0.05, 0) is 6.42 Å². The summed E-state index contributed by atoms with van der Waals surface area (Å²) in [6, 6.07) is 0. The van der Waals surface area contributed by atoms with Gasteiger partial charge in [-0.15, -0.1) is 0 Å². The third kappa shape index (κ3) is 19.6. The molecular formula is C4H10NaO2. The third-order valence-corrected chi connectivity index (χ3v) is 0.408. The van der Waals surface area contributed by atoms with Crippen molar-refractivity contribution in [3.8, 4) is 0 Å². The Bertz CT molecular complexity index is 17.2. The van der Waals surface area contributed by atoms with Crippen molar-refractivity contribution in [2.24, 2.45) is 0 Å². The predicted molar refractivity (Wildman–Crippen MR) is 23.6 cm³/mol. The summed E-state index contributed by atoms with van der Waals surface area (Å²) in [5.41, 5.74) is 0. The summed E-state index contributed by atoms with van der Waals surface area (Å²) < 4.78 is 0. The SMILES string of the molecule is [CH2]CCCO.[Na+].[OH-]. The van der Waals surface area contributed by atoms with Gasteiger partial charge in [0.05, 0.1) is 0 Å². The molecule has 0 saturated heterocycles. The first kappa shape index (κ1) is 15.7. The molecule has 0 aliphatic carbocycles. The second kappa shape index (κ2) is 15.8. The van der Waals surface area contributed by atoms with Gasteiger partial charge in [0.2, 0.25) is 0 Å². The first-order valence-corrected chi connectivity index (χ1v) is 1.82. The molecule has 0 unspecified atom stereocenters. The predicted octanol–water partition coefficient (Wildman–Crippen LogP) is -2.58. The molecule has 1 radical (unpaired) electrons. The molecule has 3 heteroatoms. The van der Waals surface area contributed by atoms with E-state index in [4.69, 9.17) is 5.11 Å². The van der Waals surface area contributed by atoms with Crippen molar-refractivity contribution >= 4 is 0 Å². The molecule has 0 aromatic rings. The van der Waals surface area contributed by atoms with E-state index < -0.39 is 0 Å². The molecule has 0 rings (SSSR count). The maximum absolute atomic E-state index is 8.03. The molecule has 7 heavy (non-hydrogen) atoms. The average Bonchev–Trinajstić information content (AvgIpc) is 1.41. The van der Waals surface area contributed by atoms with Crippen molar-refractivity contribution in [3.05, 3.63) is 6.92 Å². The average molecular weight is 113 g/mol. The summed E-state index contributed by atoms with van der Waals surface area (Å²) >= 11 is 0. The van der Waals surface area contributed by atoms with Gasteiger partial charge in [0.25, 0.3) is 0 Å².